The number of carbonyl (C=O) groups is 3. The zero-order valence-electron chi connectivity index (χ0n) is 32.9. The van der Waals surface area contributed by atoms with Crippen molar-refractivity contribution < 1.29 is 76.0 Å². The zero-order chi connectivity index (χ0) is 39.5. The van der Waals surface area contributed by atoms with Crippen molar-refractivity contribution in [1.29, 1.82) is 0 Å². The Morgan fingerprint density at radius 3 is 1.02 bits per heavy atom. The average molecular weight is 791 g/mol. The Hall–Kier alpha value is -2.61. The summed E-state index contributed by atoms with van der Waals surface area (Å²) in [5, 5.41) is 0. The molecule has 0 aliphatic heterocycles. The molecule has 0 N–H and O–H groups in total. The van der Waals surface area contributed by atoms with Crippen molar-refractivity contribution in [3.05, 3.63) is 35.9 Å². The third-order valence-electron chi connectivity index (χ3n) is 7.13. The number of carbonyl (C=O) groups excluding carboxylic acids is 3. The molecule has 0 fully saturated rings. The number of benzene rings is 1. The number of hydrogen-bond acceptors (Lipinski definition) is 16. The van der Waals surface area contributed by atoms with Gasteiger partial charge < -0.3 is 61.6 Å². The molecule has 55 heavy (non-hydrogen) atoms. The lowest BCUT2D eigenvalue weighted by molar-refractivity contribution is -0.145. The fourth-order valence-corrected chi connectivity index (χ4v) is 4.25. The molecule has 0 bridgehead atoms. The summed E-state index contributed by atoms with van der Waals surface area (Å²) >= 11 is 0. The third kappa shape index (κ3) is 35.5. The van der Waals surface area contributed by atoms with Crippen molar-refractivity contribution in [3.8, 4) is 0 Å². The molecule has 16 heteroatoms. The van der Waals surface area contributed by atoms with E-state index in [1.165, 1.54) is 0 Å². The van der Waals surface area contributed by atoms with E-state index in [0.717, 1.165) is 25.7 Å². The van der Waals surface area contributed by atoms with Gasteiger partial charge in [-0.15, -0.1) is 0 Å². The van der Waals surface area contributed by atoms with E-state index in [4.69, 9.17) is 61.6 Å². The van der Waals surface area contributed by atoms with E-state index in [1.807, 2.05) is 0 Å². The van der Waals surface area contributed by atoms with Crippen LogP contribution in [0.15, 0.2) is 30.3 Å². The van der Waals surface area contributed by atoms with Crippen LogP contribution in [0.25, 0.3) is 0 Å². The Kier molecular flexibility index (Phi) is 37.6. The van der Waals surface area contributed by atoms with E-state index in [2.05, 4.69) is 6.92 Å². The largest absolute Gasteiger partial charge is 0.463 e. The highest BCUT2D eigenvalue weighted by atomic mass is 16.6. The first-order valence-electron chi connectivity index (χ1n) is 19.4. The van der Waals surface area contributed by atoms with E-state index in [1.54, 1.807) is 30.3 Å². The van der Waals surface area contributed by atoms with E-state index in [9.17, 15) is 14.4 Å². The first-order chi connectivity index (χ1) is 27.1. The molecule has 0 spiro atoms. The summed E-state index contributed by atoms with van der Waals surface area (Å²) in [7, 11) is 0. The molecule has 0 aliphatic rings. The van der Waals surface area contributed by atoms with Crippen LogP contribution in [0.3, 0.4) is 0 Å². The molecule has 0 aliphatic carbocycles. The van der Waals surface area contributed by atoms with Gasteiger partial charge in [0.05, 0.1) is 145 Å². The van der Waals surface area contributed by atoms with Gasteiger partial charge in [0, 0.05) is 12.0 Å². The van der Waals surface area contributed by atoms with Gasteiger partial charge in [-0.2, -0.15) is 0 Å². The van der Waals surface area contributed by atoms with Crippen LogP contribution in [0.5, 0.6) is 0 Å². The molecule has 1 aromatic carbocycles. The van der Waals surface area contributed by atoms with Crippen molar-refractivity contribution >= 4 is 17.7 Å². The molecule has 0 amide bonds. The molecule has 318 valence electrons. The molecule has 0 unspecified atom stereocenters. The van der Waals surface area contributed by atoms with Crippen LogP contribution >= 0.6 is 0 Å². The van der Waals surface area contributed by atoms with Crippen LogP contribution in [-0.2, 0) is 71.2 Å². The van der Waals surface area contributed by atoms with Crippen LogP contribution in [0.4, 0.5) is 0 Å². The van der Waals surface area contributed by atoms with Crippen LogP contribution in [0.2, 0.25) is 0 Å². The number of Topliss-reactive ketones (excluding diaryl/α,β-unsaturated/α-hetero) is 1. The predicted molar refractivity (Wildman–Crippen MR) is 200 cm³/mol. The maximum absolute atomic E-state index is 11.9. The first-order valence-corrected chi connectivity index (χ1v) is 19.4. The number of hydrogen-bond donors (Lipinski definition) is 0. The van der Waals surface area contributed by atoms with E-state index in [-0.39, 0.29) is 25.8 Å². The standard InChI is InChI=1S/C39H66O16/c1-2-3-4-8-11-37(40)54-34-32-52-30-28-50-26-24-48-22-20-46-18-16-44-14-12-43-13-15-45-17-19-47-21-23-49-25-27-51-29-31-53-33-35-55-39(42)38(41)36-9-6-5-7-10-36/h5-7,9-10H,2-4,8,11-35H2,1H3. The van der Waals surface area contributed by atoms with Gasteiger partial charge in [0.1, 0.15) is 13.2 Å². The van der Waals surface area contributed by atoms with Gasteiger partial charge in [-0.3, -0.25) is 9.59 Å². The van der Waals surface area contributed by atoms with Gasteiger partial charge in [0.15, 0.2) is 0 Å². The molecule has 0 radical (unpaired) electrons. The lowest BCUT2D eigenvalue weighted by Gasteiger charge is -2.09. The lowest BCUT2D eigenvalue weighted by Crippen LogP contribution is -2.20. The Bertz CT molecular complexity index is 999. The molecule has 0 heterocycles. The van der Waals surface area contributed by atoms with Crippen molar-refractivity contribution in [2.24, 2.45) is 0 Å². The molecule has 1 aromatic rings. The number of ketones is 1. The number of ether oxygens (including phenoxy) is 13. The SMILES string of the molecule is CCCCCCC(=O)OCCOCCOCCOCCOCCOCCOCCOCCOCCOCCOCCOCCOC(=O)C(=O)c1ccccc1. The molecule has 0 atom stereocenters. The molecule has 16 nitrogen and oxygen atoms in total. The second kappa shape index (κ2) is 41.0. The predicted octanol–water partition coefficient (Wildman–Crippen LogP) is 3.11. The summed E-state index contributed by atoms with van der Waals surface area (Å²) in [6, 6.07) is 8.25. The van der Waals surface area contributed by atoms with Crippen LogP contribution in [0.1, 0.15) is 49.4 Å². The minimum Gasteiger partial charge on any atom is -0.463 e. The van der Waals surface area contributed by atoms with E-state index < -0.39 is 11.8 Å². The smallest absolute Gasteiger partial charge is 0.379 e. The van der Waals surface area contributed by atoms with Gasteiger partial charge >= 0.3 is 11.9 Å². The van der Waals surface area contributed by atoms with Crippen LogP contribution < -0.4 is 0 Å². The Labute approximate surface area is 326 Å². The molecule has 0 aromatic heterocycles. The second-order valence-corrected chi connectivity index (χ2v) is 11.6. The summed E-state index contributed by atoms with van der Waals surface area (Å²) in [5.74, 6) is -1.74. The molecule has 1 rings (SSSR count). The number of esters is 2. The summed E-state index contributed by atoms with van der Waals surface area (Å²) < 4.78 is 69.9. The monoisotopic (exact) mass is 790 g/mol. The van der Waals surface area contributed by atoms with Crippen molar-refractivity contribution in [3.63, 3.8) is 0 Å². The molecular weight excluding hydrogens is 724 g/mol. The van der Waals surface area contributed by atoms with Crippen LogP contribution in [0, 0.1) is 0 Å². The normalized spacial score (nSPS) is 11.2. The Morgan fingerprint density at radius 1 is 0.382 bits per heavy atom. The van der Waals surface area contributed by atoms with Gasteiger partial charge in [-0.25, -0.2) is 4.79 Å². The first kappa shape index (κ1) is 50.4. The van der Waals surface area contributed by atoms with Gasteiger partial charge in [0.2, 0.25) is 0 Å². The Balaban J connectivity index is 1.65. The second-order valence-electron chi connectivity index (χ2n) is 11.6. The highest BCUT2D eigenvalue weighted by Crippen LogP contribution is 2.03. The minimum absolute atomic E-state index is 0.00732. The lowest BCUT2D eigenvalue weighted by atomic mass is 10.1. The average Bonchev–Trinajstić information content (AvgIpc) is 3.20. The third-order valence-corrected chi connectivity index (χ3v) is 7.13. The molecule has 0 saturated carbocycles. The summed E-state index contributed by atoms with van der Waals surface area (Å²) in [6.07, 6.45) is 4.72. The fraction of sp³-hybridized carbons (Fsp3) is 0.769. The van der Waals surface area contributed by atoms with Crippen molar-refractivity contribution in [2.45, 2.75) is 39.0 Å². The van der Waals surface area contributed by atoms with Crippen molar-refractivity contribution in [1.82, 2.24) is 0 Å². The van der Waals surface area contributed by atoms with E-state index in [0.29, 0.717) is 151 Å². The highest BCUT2D eigenvalue weighted by Gasteiger charge is 2.17. The maximum Gasteiger partial charge on any atom is 0.379 e. The molecular formula is C39H66O16. The quantitative estimate of drug-likeness (QED) is 0.0409. The van der Waals surface area contributed by atoms with Gasteiger partial charge in [0.25, 0.3) is 5.78 Å². The maximum atomic E-state index is 11.9. The number of unbranched alkanes of at least 4 members (excludes halogenated alkanes) is 3. The number of rotatable bonds is 43. The van der Waals surface area contributed by atoms with E-state index >= 15 is 0 Å². The van der Waals surface area contributed by atoms with Crippen molar-refractivity contribution in [2.75, 3.05) is 159 Å². The Morgan fingerprint density at radius 2 is 0.691 bits per heavy atom. The minimum atomic E-state index is -0.901. The topological polar surface area (TPSA) is 171 Å². The fourth-order valence-electron chi connectivity index (χ4n) is 4.25. The summed E-state index contributed by atoms with van der Waals surface area (Å²) in [5.41, 5.74) is 0.292. The zero-order valence-corrected chi connectivity index (χ0v) is 32.9. The summed E-state index contributed by atoms with van der Waals surface area (Å²) in [6.45, 7) is 12.0. The summed E-state index contributed by atoms with van der Waals surface area (Å²) in [4.78, 5) is 35.2. The van der Waals surface area contributed by atoms with Crippen LogP contribution in [-0.4, -0.2) is 176 Å². The molecule has 0 saturated heterocycles. The van der Waals surface area contributed by atoms with Gasteiger partial charge in [-0.1, -0.05) is 56.5 Å². The van der Waals surface area contributed by atoms with Gasteiger partial charge in [-0.05, 0) is 6.42 Å². The highest BCUT2D eigenvalue weighted by molar-refractivity contribution is 6.40.